The van der Waals surface area contributed by atoms with Gasteiger partial charge in [-0.05, 0) is 30.3 Å². The molecule has 0 saturated carbocycles. The van der Waals surface area contributed by atoms with Gasteiger partial charge in [0.05, 0.1) is 5.69 Å². The van der Waals surface area contributed by atoms with E-state index in [4.69, 9.17) is 11.6 Å². The summed E-state index contributed by atoms with van der Waals surface area (Å²) in [5.74, 6) is -0.401. The van der Waals surface area contributed by atoms with Gasteiger partial charge in [-0.15, -0.1) is 0 Å². The van der Waals surface area contributed by atoms with Crippen LogP contribution in [0.2, 0.25) is 5.02 Å². The molecule has 0 fully saturated rings. The van der Waals surface area contributed by atoms with Gasteiger partial charge in [-0.25, -0.2) is 0 Å². The van der Waals surface area contributed by atoms with Crippen LogP contribution in [0, 0.1) is 0 Å². The standard InChI is InChI=1S/C16H13ClN2O2/c17-11-5-7-12(8-6-11)19(16(21)10-20)15-9-18-14-4-2-1-3-13(14)15/h1-9,18,20H,10H2. The molecule has 1 aromatic heterocycles. The van der Waals surface area contributed by atoms with Gasteiger partial charge < -0.3 is 10.1 Å². The van der Waals surface area contributed by atoms with Crippen LogP contribution in [0.15, 0.2) is 54.7 Å². The second kappa shape index (κ2) is 5.60. The van der Waals surface area contributed by atoms with Gasteiger partial charge in [0, 0.05) is 27.8 Å². The maximum Gasteiger partial charge on any atom is 0.257 e. The number of carbonyl (C=O) groups excluding carboxylic acids is 1. The van der Waals surface area contributed by atoms with Crippen LogP contribution in [0.5, 0.6) is 0 Å². The number of aliphatic hydroxyl groups is 1. The number of aromatic amines is 1. The van der Waals surface area contributed by atoms with Gasteiger partial charge in [-0.1, -0.05) is 29.8 Å². The molecule has 0 aliphatic rings. The van der Waals surface area contributed by atoms with E-state index < -0.39 is 12.5 Å². The molecule has 4 nitrogen and oxygen atoms in total. The average Bonchev–Trinajstić information content (AvgIpc) is 2.93. The predicted molar refractivity (Wildman–Crippen MR) is 84.0 cm³/mol. The van der Waals surface area contributed by atoms with Crippen LogP contribution >= 0.6 is 11.6 Å². The van der Waals surface area contributed by atoms with Gasteiger partial charge >= 0.3 is 0 Å². The molecule has 21 heavy (non-hydrogen) atoms. The van der Waals surface area contributed by atoms with Gasteiger partial charge in [-0.3, -0.25) is 9.69 Å². The summed E-state index contributed by atoms with van der Waals surface area (Å²) >= 11 is 5.89. The van der Waals surface area contributed by atoms with Gasteiger partial charge in [-0.2, -0.15) is 0 Å². The molecule has 2 N–H and O–H groups in total. The number of fused-ring (bicyclic) bond motifs is 1. The van der Waals surface area contributed by atoms with Crippen molar-refractivity contribution in [3.05, 3.63) is 59.8 Å². The zero-order valence-corrected chi connectivity index (χ0v) is 11.8. The fraction of sp³-hybridized carbons (Fsp3) is 0.0625. The molecule has 2 aromatic carbocycles. The fourth-order valence-corrected chi connectivity index (χ4v) is 2.45. The molecule has 0 aliphatic carbocycles. The number of nitrogens with one attached hydrogen (secondary N) is 1. The molecule has 0 unspecified atom stereocenters. The Morgan fingerprint density at radius 2 is 1.86 bits per heavy atom. The molecule has 0 bridgehead atoms. The van der Waals surface area contributed by atoms with Crippen molar-refractivity contribution in [1.82, 2.24) is 4.98 Å². The smallest absolute Gasteiger partial charge is 0.257 e. The molecule has 0 saturated heterocycles. The minimum atomic E-state index is -0.567. The molecule has 3 rings (SSSR count). The second-order valence-electron chi connectivity index (χ2n) is 4.58. The van der Waals surface area contributed by atoms with E-state index in [9.17, 15) is 9.90 Å². The average molecular weight is 301 g/mol. The van der Waals surface area contributed by atoms with Crippen molar-refractivity contribution in [2.24, 2.45) is 0 Å². The van der Waals surface area contributed by atoms with Gasteiger partial charge in [0.2, 0.25) is 0 Å². The number of aromatic nitrogens is 1. The second-order valence-corrected chi connectivity index (χ2v) is 5.02. The van der Waals surface area contributed by atoms with E-state index in [0.29, 0.717) is 16.4 Å². The number of halogens is 1. The number of H-pyrrole nitrogens is 1. The Kier molecular flexibility index (Phi) is 3.64. The minimum absolute atomic E-state index is 0.401. The first-order valence-corrected chi connectivity index (χ1v) is 6.84. The zero-order chi connectivity index (χ0) is 14.8. The highest BCUT2D eigenvalue weighted by atomic mass is 35.5. The van der Waals surface area contributed by atoms with E-state index in [1.807, 2.05) is 24.3 Å². The summed E-state index contributed by atoms with van der Waals surface area (Å²) in [4.78, 5) is 16.8. The van der Waals surface area contributed by atoms with E-state index in [-0.39, 0.29) is 0 Å². The Morgan fingerprint density at radius 1 is 1.14 bits per heavy atom. The van der Waals surface area contributed by atoms with Crippen LogP contribution in [-0.4, -0.2) is 22.6 Å². The van der Waals surface area contributed by atoms with Crippen LogP contribution in [0.4, 0.5) is 11.4 Å². The summed E-state index contributed by atoms with van der Waals surface area (Å²) in [7, 11) is 0. The number of benzene rings is 2. The number of aliphatic hydroxyl groups excluding tert-OH is 1. The minimum Gasteiger partial charge on any atom is -0.387 e. The lowest BCUT2D eigenvalue weighted by atomic mass is 10.2. The Hall–Kier alpha value is -2.30. The topological polar surface area (TPSA) is 56.3 Å². The Bertz CT molecular complexity index is 780. The number of hydrogen-bond donors (Lipinski definition) is 2. The molecule has 106 valence electrons. The Morgan fingerprint density at radius 3 is 2.57 bits per heavy atom. The molecule has 1 heterocycles. The summed E-state index contributed by atoms with van der Waals surface area (Å²) in [6.45, 7) is -0.567. The Balaban J connectivity index is 2.16. The van der Waals surface area contributed by atoms with E-state index in [1.165, 1.54) is 4.90 Å². The SMILES string of the molecule is O=C(CO)N(c1ccc(Cl)cc1)c1c[nH]c2ccccc12. The summed E-state index contributed by atoms with van der Waals surface area (Å²) in [5.41, 5.74) is 2.28. The van der Waals surface area contributed by atoms with Gasteiger partial charge in [0.25, 0.3) is 5.91 Å². The predicted octanol–water partition coefficient (Wildman–Crippen LogP) is 3.48. The summed E-state index contributed by atoms with van der Waals surface area (Å²) in [6.07, 6.45) is 1.76. The van der Waals surface area contributed by atoms with E-state index in [0.717, 1.165) is 10.9 Å². The largest absolute Gasteiger partial charge is 0.387 e. The number of nitrogens with zero attached hydrogens (tertiary/aromatic N) is 1. The number of anilines is 2. The highest BCUT2D eigenvalue weighted by Gasteiger charge is 2.20. The molecular weight excluding hydrogens is 288 g/mol. The third kappa shape index (κ3) is 2.51. The lowest BCUT2D eigenvalue weighted by Gasteiger charge is -2.21. The van der Waals surface area contributed by atoms with Crippen molar-refractivity contribution >= 4 is 39.8 Å². The van der Waals surface area contributed by atoms with Crippen molar-refractivity contribution in [2.45, 2.75) is 0 Å². The zero-order valence-electron chi connectivity index (χ0n) is 11.1. The third-order valence-electron chi connectivity index (χ3n) is 3.28. The first-order valence-electron chi connectivity index (χ1n) is 6.46. The molecule has 3 aromatic rings. The quantitative estimate of drug-likeness (QED) is 0.778. The lowest BCUT2D eigenvalue weighted by Crippen LogP contribution is -2.28. The first kappa shape index (κ1) is 13.7. The molecule has 0 radical (unpaired) electrons. The molecule has 1 amide bonds. The van der Waals surface area contributed by atoms with Crippen molar-refractivity contribution in [2.75, 3.05) is 11.5 Å². The number of para-hydroxylation sites is 1. The van der Waals surface area contributed by atoms with Crippen LogP contribution in [0.3, 0.4) is 0 Å². The van der Waals surface area contributed by atoms with Crippen LogP contribution in [0.25, 0.3) is 10.9 Å². The van der Waals surface area contributed by atoms with E-state index in [1.54, 1.807) is 30.5 Å². The Labute approximate surface area is 126 Å². The fourth-order valence-electron chi connectivity index (χ4n) is 2.32. The van der Waals surface area contributed by atoms with Crippen molar-refractivity contribution in [3.8, 4) is 0 Å². The monoisotopic (exact) mass is 300 g/mol. The van der Waals surface area contributed by atoms with E-state index in [2.05, 4.69) is 4.98 Å². The van der Waals surface area contributed by atoms with Crippen LogP contribution < -0.4 is 4.90 Å². The normalized spacial score (nSPS) is 10.8. The van der Waals surface area contributed by atoms with Gasteiger partial charge in [0.1, 0.15) is 6.61 Å². The maximum atomic E-state index is 12.2. The third-order valence-corrected chi connectivity index (χ3v) is 3.53. The number of amides is 1. The molecule has 0 atom stereocenters. The molecule has 5 heteroatoms. The summed E-state index contributed by atoms with van der Waals surface area (Å²) in [6, 6.07) is 14.6. The number of rotatable bonds is 3. The lowest BCUT2D eigenvalue weighted by molar-refractivity contribution is -0.120. The first-order chi connectivity index (χ1) is 10.2. The molecule has 0 aliphatic heterocycles. The van der Waals surface area contributed by atoms with Crippen molar-refractivity contribution in [3.63, 3.8) is 0 Å². The number of carbonyl (C=O) groups is 1. The highest BCUT2D eigenvalue weighted by molar-refractivity contribution is 6.30. The van der Waals surface area contributed by atoms with Crippen molar-refractivity contribution in [1.29, 1.82) is 0 Å². The van der Waals surface area contributed by atoms with Crippen molar-refractivity contribution < 1.29 is 9.90 Å². The highest BCUT2D eigenvalue weighted by Crippen LogP contribution is 2.32. The molecular formula is C16H13ClN2O2. The summed E-state index contributed by atoms with van der Waals surface area (Å²) < 4.78 is 0. The maximum absolute atomic E-state index is 12.2. The molecule has 0 spiro atoms. The summed E-state index contributed by atoms with van der Waals surface area (Å²) in [5, 5.41) is 10.8. The van der Waals surface area contributed by atoms with Crippen LogP contribution in [0.1, 0.15) is 0 Å². The van der Waals surface area contributed by atoms with Gasteiger partial charge in [0.15, 0.2) is 0 Å². The number of hydrogen-bond acceptors (Lipinski definition) is 2. The van der Waals surface area contributed by atoms with Crippen LogP contribution in [-0.2, 0) is 4.79 Å². The van der Waals surface area contributed by atoms with E-state index >= 15 is 0 Å².